The molecular weight excluding hydrogens is 141 g/mol. The molecule has 0 saturated heterocycles. The summed E-state index contributed by atoms with van der Waals surface area (Å²) in [6.07, 6.45) is -2.20. The molecule has 1 atom stereocenters. The topological polar surface area (TPSA) is 46.5 Å². The van der Waals surface area contributed by atoms with E-state index >= 15 is 0 Å². The lowest BCUT2D eigenvalue weighted by atomic mass is 11.1. The molecule has 1 N–H and O–H groups in total. The predicted molar refractivity (Wildman–Crippen MR) is 22.6 cm³/mol. The van der Waals surface area contributed by atoms with Gasteiger partial charge in [-0.05, 0) is 0 Å². The molecule has 0 aromatic carbocycles. The largest absolute Gasteiger partial charge is 0.429 e. The van der Waals surface area contributed by atoms with Crippen LogP contribution in [-0.2, 0) is 9.09 Å². The summed E-state index contributed by atoms with van der Waals surface area (Å²) in [7, 11) is -3.24. The molecule has 0 aliphatic rings. The van der Waals surface area contributed by atoms with Crippen LogP contribution in [0.2, 0.25) is 0 Å². The average molecular weight is 144 g/mol. The van der Waals surface area contributed by atoms with Crippen molar-refractivity contribution in [1.82, 2.24) is 0 Å². The third-order valence-corrected chi connectivity index (χ3v) is 0.568. The van der Waals surface area contributed by atoms with E-state index in [1.807, 2.05) is 0 Å². The number of hydrogen-bond acceptors (Lipinski definition) is 2. The molecule has 3 nitrogen and oxygen atoms in total. The first-order valence-corrected chi connectivity index (χ1v) is 2.80. The maximum Gasteiger partial charge on any atom is 0.364 e. The third-order valence-electron chi connectivity index (χ3n) is 0.249. The van der Waals surface area contributed by atoms with Crippen molar-refractivity contribution in [1.29, 1.82) is 0 Å². The molecule has 0 radical (unpaired) electrons. The molecule has 0 aliphatic carbocycles. The summed E-state index contributed by atoms with van der Waals surface area (Å²) >= 11 is 0. The quantitative estimate of drug-likeness (QED) is 0.466. The van der Waals surface area contributed by atoms with E-state index in [9.17, 15) is 13.3 Å². The van der Waals surface area contributed by atoms with E-state index in [4.69, 9.17) is 4.89 Å². The van der Waals surface area contributed by atoms with Gasteiger partial charge in [-0.1, -0.05) is 0 Å². The second-order valence-corrected chi connectivity index (χ2v) is 1.56. The molecule has 0 saturated carbocycles. The fraction of sp³-hybridized carbons (Fsp3) is 0. The van der Waals surface area contributed by atoms with Crippen LogP contribution in [0.1, 0.15) is 0 Å². The van der Waals surface area contributed by atoms with Crippen LogP contribution in [0.15, 0.2) is 12.3 Å². The zero-order valence-corrected chi connectivity index (χ0v) is 4.60. The predicted octanol–water partition coefficient (Wildman–Crippen LogP) is 1.12. The summed E-state index contributed by atoms with van der Waals surface area (Å²) in [5.41, 5.74) is 0. The van der Waals surface area contributed by atoms with E-state index in [1.54, 1.807) is 0 Å². The number of hydrogen-bond donors (Lipinski definition) is 1. The first kappa shape index (κ1) is 7.59. The molecule has 0 amide bonds. The van der Waals surface area contributed by atoms with Gasteiger partial charge in [0.05, 0.1) is 0 Å². The number of rotatable bonds is 2. The Morgan fingerprint density at radius 1 is 1.75 bits per heavy atom. The van der Waals surface area contributed by atoms with Crippen molar-refractivity contribution in [2.75, 3.05) is 0 Å². The van der Waals surface area contributed by atoms with Crippen LogP contribution in [-0.4, -0.2) is 4.89 Å². The zero-order chi connectivity index (χ0) is 6.57. The molecule has 0 bridgehead atoms. The second kappa shape index (κ2) is 3.57. The highest BCUT2D eigenvalue weighted by Gasteiger charge is 1.89. The van der Waals surface area contributed by atoms with Crippen molar-refractivity contribution in [3.63, 3.8) is 0 Å². The van der Waals surface area contributed by atoms with Crippen LogP contribution < -0.4 is 0 Å². The molecule has 6 heteroatoms. The monoisotopic (exact) mass is 144 g/mol. The van der Waals surface area contributed by atoms with E-state index in [0.29, 0.717) is 0 Å². The SMILES string of the molecule is O=[PH](O)OC=C(F)F. The Bertz CT molecular complexity index is 118. The summed E-state index contributed by atoms with van der Waals surface area (Å²) in [5.74, 6) is 0. The molecule has 0 spiro atoms. The lowest BCUT2D eigenvalue weighted by Crippen LogP contribution is -1.63. The molecule has 0 aromatic rings. The summed E-state index contributed by atoms with van der Waals surface area (Å²) in [4.78, 5) is 7.75. The van der Waals surface area contributed by atoms with E-state index in [2.05, 4.69) is 4.52 Å². The average Bonchev–Trinajstić information content (AvgIpc) is 1.61. The first-order chi connectivity index (χ1) is 3.63. The van der Waals surface area contributed by atoms with Crippen LogP contribution in [0, 0.1) is 0 Å². The Labute approximate surface area is 44.5 Å². The molecule has 0 rings (SSSR count). The Kier molecular flexibility index (Phi) is 3.39. The minimum Gasteiger partial charge on any atom is -0.429 e. The van der Waals surface area contributed by atoms with E-state index in [1.165, 1.54) is 0 Å². The van der Waals surface area contributed by atoms with Gasteiger partial charge in [0.2, 0.25) is 0 Å². The van der Waals surface area contributed by atoms with Crippen molar-refractivity contribution in [2.24, 2.45) is 0 Å². The fourth-order valence-corrected chi connectivity index (χ4v) is 0.285. The molecule has 0 fully saturated rings. The van der Waals surface area contributed by atoms with Crippen molar-refractivity contribution >= 4 is 8.25 Å². The lowest BCUT2D eigenvalue weighted by molar-refractivity contribution is 0.335. The Morgan fingerprint density at radius 3 is 2.38 bits per heavy atom. The maximum absolute atomic E-state index is 10.9. The summed E-state index contributed by atoms with van der Waals surface area (Å²) < 4.78 is 34.8. The van der Waals surface area contributed by atoms with Crippen molar-refractivity contribution in [3.05, 3.63) is 12.3 Å². The highest BCUT2D eigenvalue weighted by molar-refractivity contribution is 7.32. The smallest absolute Gasteiger partial charge is 0.364 e. The van der Waals surface area contributed by atoms with E-state index in [-0.39, 0.29) is 6.26 Å². The first-order valence-electron chi connectivity index (χ1n) is 1.53. The molecule has 0 heterocycles. The van der Waals surface area contributed by atoms with E-state index < -0.39 is 14.3 Å². The van der Waals surface area contributed by atoms with Gasteiger partial charge in [-0.2, -0.15) is 8.78 Å². The van der Waals surface area contributed by atoms with Gasteiger partial charge in [0.1, 0.15) is 0 Å². The van der Waals surface area contributed by atoms with Crippen LogP contribution in [0.5, 0.6) is 0 Å². The van der Waals surface area contributed by atoms with Gasteiger partial charge in [-0.3, -0.25) is 0 Å². The summed E-state index contributed by atoms with van der Waals surface area (Å²) in [6, 6.07) is 0. The molecule has 0 aliphatic heterocycles. The van der Waals surface area contributed by atoms with Gasteiger partial charge in [0.15, 0.2) is 6.26 Å². The van der Waals surface area contributed by atoms with Crippen LogP contribution in [0.3, 0.4) is 0 Å². The van der Waals surface area contributed by atoms with Gasteiger partial charge in [0.25, 0.3) is 0 Å². The van der Waals surface area contributed by atoms with Crippen molar-refractivity contribution in [3.8, 4) is 0 Å². The van der Waals surface area contributed by atoms with Gasteiger partial charge >= 0.3 is 14.3 Å². The highest BCUT2D eigenvalue weighted by atomic mass is 31.1. The Hall–Kier alpha value is -0.410. The molecule has 1 unspecified atom stereocenters. The summed E-state index contributed by atoms with van der Waals surface area (Å²) in [6.45, 7) is 0. The van der Waals surface area contributed by atoms with Gasteiger partial charge < -0.3 is 9.42 Å². The van der Waals surface area contributed by atoms with Crippen LogP contribution >= 0.6 is 8.25 Å². The van der Waals surface area contributed by atoms with Crippen molar-refractivity contribution < 1.29 is 22.8 Å². The number of halogens is 2. The minimum absolute atomic E-state index is 0.0682. The van der Waals surface area contributed by atoms with Gasteiger partial charge in [-0.25, -0.2) is 4.57 Å². The molecule has 48 valence electrons. The summed E-state index contributed by atoms with van der Waals surface area (Å²) in [5, 5.41) is 0. The molecular formula is C2H3F2O3P. The van der Waals surface area contributed by atoms with Crippen LogP contribution in [0.4, 0.5) is 8.78 Å². The standard InChI is InChI=1S/C2H3F2O3P/c3-2(4)1-7-8(5)6/h1,8H,(H,5,6). The van der Waals surface area contributed by atoms with Gasteiger partial charge in [-0.15, -0.1) is 0 Å². The lowest BCUT2D eigenvalue weighted by Gasteiger charge is -1.87. The van der Waals surface area contributed by atoms with E-state index in [0.717, 1.165) is 0 Å². The molecule has 8 heavy (non-hydrogen) atoms. The fourth-order valence-electron chi connectivity index (χ4n) is 0.0950. The van der Waals surface area contributed by atoms with Crippen LogP contribution in [0.25, 0.3) is 0 Å². The Balaban J connectivity index is 3.45. The highest BCUT2D eigenvalue weighted by Crippen LogP contribution is 2.16. The van der Waals surface area contributed by atoms with Gasteiger partial charge in [0, 0.05) is 0 Å². The Morgan fingerprint density at radius 2 is 2.25 bits per heavy atom. The zero-order valence-electron chi connectivity index (χ0n) is 3.60. The van der Waals surface area contributed by atoms with Crippen molar-refractivity contribution in [2.45, 2.75) is 0 Å². The molecule has 0 aromatic heterocycles. The third kappa shape index (κ3) is 5.59. The maximum atomic E-state index is 10.9. The normalized spacial score (nSPS) is 12.4. The minimum atomic E-state index is -3.24. The second-order valence-electron chi connectivity index (χ2n) is 0.791.